The Balaban J connectivity index is 2.80. The van der Waals surface area contributed by atoms with E-state index >= 15 is 0 Å². The van der Waals surface area contributed by atoms with Gasteiger partial charge >= 0.3 is 5.88 Å². The van der Waals surface area contributed by atoms with Gasteiger partial charge in [-0.05, 0) is 19.1 Å². The van der Waals surface area contributed by atoms with Crippen LogP contribution in [0.1, 0.15) is 12.5 Å². The second-order valence-corrected chi connectivity index (χ2v) is 3.59. The van der Waals surface area contributed by atoms with Crippen LogP contribution in [0.25, 0.3) is 11.0 Å². The van der Waals surface area contributed by atoms with Crippen LogP contribution in [-0.4, -0.2) is 23.0 Å². The van der Waals surface area contributed by atoms with Crippen LogP contribution in [-0.2, 0) is 0 Å². The predicted octanol–water partition coefficient (Wildman–Crippen LogP) is 2.55. The lowest BCUT2D eigenvalue weighted by Gasteiger charge is -2.03. The molecule has 0 fully saturated rings. The van der Waals surface area contributed by atoms with Crippen LogP contribution in [0.4, 0.5) is 5.88 Å². The van der Waals surface area contributed by atoms with E-state index < -0.39 is 4.92 Å². The first-order valence-corrected chi connectivity index (χ1v) is 5.02. The van der Waals surface area contributed by atoms with E-state index in [2.05, 4.69) is 5.16 Å². The summed E-state index contributed by atoms with van der Waals surface area (Å²) in [5, 5.41) is 23.0. The SMILES string of the molecule is COc1ccc(C(C)=NO)c2oc([N+](=O)[O-])cc12. The summed E-state index contributed by atoms with van der Waals surface area (Å²) >= 11 is 0. The van der Waals surface area contributed by atoms with Gasteiger partial charge in [-0.15, -0.1) is 0 Å². The lowest BCUT2D eigenvalue weighted by Crippen LogP contribution is -1.95. The minimum absolute atomic E-state index is 0.261. The van der Waals surface area contributed by atoms with Crippen LogP contribution in [0.3, 0.4) is 0 Å². The Hall–Kier alpha value is -2.57. The molecular formula is C11H10N2O5. The fourth-order valence-electron chi connectivity index (χ4n) is 1.69. The van der Waals surface area contributed by atoms with Crippen molar-refractivity contribution in [2.24, 2.45) is 5.16 Å². The molecule has 0 aliphatic heterocycles. The molecule has 0 saturated carbocycles. The van der Waals surface area contributed by atoms with Gasteiger partial charge in [0.25, 0.3) is 0 Å². The van der Waals surface area contributed by atoms with E-state index in [1.54, 1.807) is 19.1 Å². The van der Waals surface area contributed by atoms with Crippen LogP contribution in [0.5, 0.6) is 5.75 Å². The van der Waals surface area contributed by atoms with Crippen LogP contribution >= 0.6 is 0 Å². The fourth-order valence-corrected chi connectivity index (χ4v) is 1.69. The third kappa shape index (κ3) is 1.75. The van der Waals surface area contributed by atoms with Crippen molar-refractivity contribution in [1.82, 2.24) is 0 Å². The summed E-state index contributed by atoms with van der Waals surface area (Å²) in [6, 6.07) is 4.53. The summed E-state index contributed by atoms with van der Waals surface area (Å²) in [6.07, 6.45) is 0. The number of fused-ring (bicyclic) bond motifs is 1. The maximum Gasteiger partial charge on any atom is 0.434 e. The maximum absolute atomic E-state index is 10.7. The van der Waals surface area contributed by atoms with Crippen LogP contribution < -0.4 is 4.74 Å². The molecule has 1 aromatic carbocycles. The molecule has 0 amide bonds. The van der Waals surface area contributed by atoms with Crippen molar-refractivity contribution < 1.29 is 19.3 Å². The Kier molecular flexibility index (Phi) is 2.88. The first-order valence-electron chi connectivity index (χ1n) is 5.02. The monoisotopic (exact) mass is 250 g/mol. The molecular weight excluding hydrogens is 240 g/mol. The van der Waals surface area contributed by atoms with Crippen molar-refractivity contribution >= 4 is 22.6 Å². The zero-order valence-corrected chi connectivity index (χ0v) is 9.71. The summed E-state index contributed by atoms with van der Waals surface area (Å²) in [5.74, 6) is 0.0674. The number of methoxy groups -OCH3 is 1. The van der Waals surface area contributed by atoms with Gasteiger partial charge in [-0.1, -0.05) is 5.16 Å². The Morgan fingerprint density at radius 1 is 1.56 bits per heavy atom. The molecule has 2 aromatic rings. The highest BCUT2D eigenvalue weighted by Crippen LogP contribution is 2.34. The highest BCUT2D eigenvalue weighted by atomic mass is 16.6. The molecule has 0 aliphatic carbocycles. The lowest BCUT2D eigenvalue weighted by atomic mass is 10.1. The fraction of sp³-hybridized carbons (Fsp3) is 0.182. The van der Waals surface area contributed by atoms with Gasteiger partial charge < -0.3 is 14.4 Å². The molecule has 7 heteroatoms. The van der Waals surface area contributed by atoms with Crippen molar-refractivity contribution in [2.75, 3.05) is 7.11 Å². The number of hydrogen-bond acceptors (Lipinski definition) is 6. The molecule has 0 saturated heterocycles. The maximum atomic E-state index is 10.7. The number of benzene rings is 1. The largest absolute Gasteiger partial charge is 0.496 e. The Morgan fingerprint density at radius 2 is 2.28 bits per heavy atom. The average Bonchev–Trinajstić information content (AvgIpc) is 2.81. The molecule has 18 heavy (non-hydrogen) atoms. The smallest absolute Gasteiger partial charge is 0.434 e. The Labute approximate surface area is 101 Å². The van der Waals surface area contributed by atoms with Crippen LogP contribution in [0.2, 0.25) is 0 Å². The minimum atomic E-state index is -0.630. The number of nitrogens with zero attached hydrogens (tertiary/aromatic N) is 2. The number of rotatable bonds is 3. The van der Waals surface area contributed by atoms with Gasteiger partial charge in [0, 0.05) is 5.56 Å². The zero-order valence-electron chi connectivity index (χ0n) is 9.71. The summed E-state index contributed by atoms with van der Waals surface area (Å²) < 4.78 is 10.3. The highest BCUT2D eigenvalue weighted by Gasteiger charge is 2.20. The minimum Gasteiger partial charge on any atom is -0.496 e. The normalized spacial score (nSPS) is 11.8. The van der Waals surface area contributed by atoms with E-state index in [9.17, 15) is 10.1 Å². The lowest BCUT2D eigenvalue weighted by molar-refractivity contribution is -0.401. The van der Waals surface area contributed by atoms with E-state index in [4.69, 9.17) is 14.4 Å². The van der Waals surface area contributed by atoms with Crippen molar-refractivity contribution in [3.05, 3.63) is 33.9 Å². The van der Waals surface area contributed by atoms with Crippen molar-refractivity contribution in [3.8, 4) is 5.75 Å². The van der Waals surface area contributed by atoms with E-state index in [1.165, 1.54) is 13.2 Å². The molecule has 0 bridgehead atoms. The van der Waals surface area contributed by atoms with E-state index in [1.807, 2.05) is 0 Å². The summed E-state index contributed by atoms with van der Waals surface area (Å²) in [6.45, 7) is 1.57. The molecule has 0 radical (unpaired) electrons. The zero-order chi connectivity index (χ0) is 13.3. The predicted molar refractivity (Wildman–Crippen MR) is 63.4 cm³/mol. The van der Waals surface area contributed by atoms with Gasteiger partial charge in [0.1, 0.15) is 10.7 Å². The molecule has 0 unspecified atom stereocenters. The molecule has 7 nitrogen and oxygen atoms in total. The van der Waals surface area contributed by atoms with Gasteiger partial charge in [-0.3, -0.25) is 10.1 Å². The number of furan rings is 1. The van der Waals surface area contributed by atoms with Gasteiger partial charge in [-0.2, -0.15) is 0 Å². The van der Waals surface area contributed by atoms with Crippen LogP contribution in [0, 0.1) is 10.1 Å². The standard InChI is InChI=1S/C11H10N2O5/c1-6(12-14)7-3-4-9(17-2)8-5-10(13(15)16)18-11(7)8/h3-5,14H,1-2H3. The molecule has 94 valence electrons. The van der Waals surface area contributed by atoms with Crippen molar-refractivity contribution in [2.45, 2.75) is 6.92 Å². The van der Waals surface area contributed by atoms with E-state index in [0.29, 0.717) is 22.4 Å². The summed E-state index contributed by atoms with van der Waals surface area (Å²) in [5.41, 5.74) is 1.03. The summed E-state index contributed by atoms with van der Waals surface area (Å²) in [7, 11) is 1.46. The molecule has 2 rings (SSSR count). The number of hydrogen-bond donors (Lipinski definition) is 1. The first kappa shape index (κ1) is 11.9. The highest BCUT2D eigenvalue weighted by molar-refractivity contribution is 6.09. The first-order chi connectivity index (χ1) is 8.58. The molecule has 1 aromatic heterocycles. The summed E-state index contributed by atoms with van der Waals surface area (Å²) in [4.78, 5) is 10.1. The number of oxime groups is 1. The quantitative estimate of drug-likeness (QED) is 0.390. The van der Waals surface area contributed by atoms with Crippen molar-refractivity contribution in [3.63, 3.8) is 0 Å². The Bertz CT molecular complexity index is 644. The van der Waals surface area contributed by atoms with Gasteiger partial charge in [-0.25, -0.2) is 0 Å². The third-order valence-corrected chi connectivity index (χ3v) is 2.57. The van der Waals surface area contributed by atoms with E-state index in [0.717, 1.165) is 0 Å². The van der Waals surface area contributed by atoms with Gasteiger partial charge in [0.2, 0.25) is 0 Å². The second kappa shape index (κ2) is 4.36. The molecule has 0 spiro atoms. The molecule has 0 aliphatic rings. The topological polar surface area (TPSA) is 98.1 Å². The van der Waals surface area contributed by atoms with E-state index in [-0.39, 0.29) is 11.5 Å². The average molecular weight is 250 g/mol. The van der Waals surface area contributed by atoms with Crippen LogP contribution in [0.15, 0.2) is 27.8 Å². The Morgan fingerprint density at radius 3 is 2.83 bits per heavy atom. The van der Waals surface area contributed by atoms with Gasteiger partial charge in [0.05, 0.1) is 24.3 Å². The second-order valence-electron chi connectivity index (χ2n) is 3.59. The van der Waals surface area contributed by atoms with Gasteiger partial charge in [0.15, 0.2) is 5.58 Å². The molecule has 1 N–H and O–H groups in total. The van der Waals surface area contributed by atoms with Crippen molar-refractivity contribution in [1.29, 1.82) is 0 Å². The molecule has 0 atom stereocenters. The molecule has 1 heterocycles. The number of nitro groups is 1. The third-order valence-electron chi connectivity index (χ3n) is 2.57. The number of ether oxygens (including phenoxy) is 1.